The minimum absolute atomic E-state index is 0.0552. The summed E-state index contributed by atoms with van der Waals surface area (Å²) >= 11 is 0. The summed E-state index contributed by atoms with van der Waals surface area (Å²) in [6.07, 6.45) is 1.77. The van der Waals surface area contributed by atoms with Gasteiger partial charge in [-0.25, -0.2) is 0 Å². The van der Waals surface area contributed by atoms with E-state index in [1.54, 1.807) is 18.2 Å². The van der Waals surface area contributed by atoms with E-state index in [0.717, 1.165) is 35.0 Å². The molecule has 0 radical (unpaired) electrons. The average molecular weight is 272 g/mol. The lowest BCUT2D eigenvalue weighted by Crippen LogP contribution is -2.11. The fourth-order valence-corrected chi connectivity index (χ4v) is 2.41. The van der Waals surface area contributed by atoms with Crippen LogP contribution in [-0.2, 0) is 6.42 Å². The number of aromatic nitrogens is 1. The predicted molar refractivity (Wildman–Crippen MR) is 80.0 cm³/mol. The van der Waals surface area contributed by atoms with Gasteiger partial charge >= 0.3 is 0 Å². The molecule has 2 aromatic rings. The Hall–Kier alpha value is -2.10. The van der Waals surface area contributed by atoms with Crippen molar-refractivity contribution >= 4 is 22.6 Å². The monoisotopic (exact) mass is 272 g/mol. The second kappa shape index (κ2) is 5.49. The van der Waals surface area contributed by atoms with Crippen molar-refractivity contribution in [2.45, 2.75) is 33.6 Å². The highest BCUT2D eigenvalue weighted by Crippen LogP contribution is 2.27. The zero-order valence-corrected chi connectivity index (χ0v) is 12.1. The molecule has 4 nitrogen and oxygen atoms in total. The third-order valence-corrected chi connectivity index (χ3v) is 3.43. The number of carbonyl (C=O) groups is 2. The van der Waals surface area contributed by atoms with E-state index in [9.17, 15) is 9.59 Å². The van der Waals surface area contributed by atoms with Crippen LogP contribution < -0.4 is 5.73 Å². The van der Waals surface area contributed by atoms with Crippen molar-refractivity contribution < 1.29 is 9.59 Å². The van der Waals surface area contributed by atoms with Crippen LogP contribution in [0.5, 0.6) is 0 Å². The topological polar surface area (TPSA) is 76.0 Å². The van der Waals surface area contributed by atoms with E-state index in [1.807, 2.05) is 13.8 Å². The molecule has 0 aliphatic carbocycles. The zero-order chi connectivity index (χ0) is 14.9. The minimum atomic E-state index is -0.463. The maximum Gasteiger partial charge on any atom is 0.248 e. The van der Waals surface area contributed by atoms with Gasteiger partial charge in [0.2, 0.25) is 5.91 Å². The molecule has 0 atom stereocenters. The summed E-state index contributed by atoms with van der Waals surface area (Å²) in [7, 11) is 0. The van der Waals surface area contributed by atoms with Gasteiger partial charge in [0, 0.05) is 33.6 Å². The molecule has 4 heteroatoms. The summed E-state index contributed by atoms with van der Waals surface area (Å²) in [6.45, 7) is 5.87. The highest BCUT2D eigenvalue weighted by atomic mass is 16.1. The Bertz CT molecular complexity index is 668. The van der Waals surface area contributed by atoms with Crippen molar-refractivity contribution in [3.63, 3.8) is 0 Å². The van der Waals surface area contributed by atoms with Gasteiger partial charge in [-0.3, -0.25) is 9.59 Å². The maximum absolute atomic E-state index is 12.4. The van der Waals surface area contributed by atoms with Crippen molar-refractivity contribution in [3.8, 4) is 0 Å². The van der Waals surface area contributed by atoms with E-state index in [0.29, 0.717) is 5.56 Å². The highest BCUT2D eigenvalue weighted by Gasteiger charge is 2.20. The first-order chi connectivity index (χ1) is 9.45. The van der Waals surface area contributed by atoms with Gasteiger partial charge in [0.1, 0.15) is 0 Å². The van der Waals surface area contributed by atoms with E-state index in [4.69, 9.17) is 5.73 Å². The predicted octanol–water partition coefficient (Wildman–Crippen LogP) is 3.06. The van der Waals surface area contributed by atoms with Gasteiger partial charge in [-0.2, -0.15) is 0 Å². The molecule has 1 heterocycles. The number of nitrogens with two attached hydrogens (primary N) is 1. The van der Waals surface area contributed by atoms with Crippen molar-refractivity contribution in [1.82, 2.24) is 4.98 Å². The quantitative estimate of drug-likeness (QED) is 0.821. The third-order valence-electron chi connectivity index (χ3n) is 3.43. The van der Waals surface area contributed by atoms with E-state index >= 15 is 0 Å². The second-order valence-electron chi connectivity index (χ2n) is 5.37. The van der Waals surface area contributed by atoms with Crippen molar-refractivity contribution in [3.05, 3.63) is 35.0 Å². The Morgan fingerprint density at radius 1 is 1.30 bits per heavy atom. The number of aryl methyl sites for hydroxylation is 1. The number of amides is 1. The molecule has 0 bridgehead atoms. The Morgan fingerprint density at radius 3 is 2.55 bits per heavy atom. The maximum atomic E-state index is 12.4. The molecule has 1 amide bonds. The number of Topliss-reactive ketones (excluding diaryl/α,β-unsaturated/α-hetero) is 1. The summed E-state index contributed by atoms with van der Waals surface area (Å²) < 4.78 is 0. The molecule has 1 aromatic heterocycles. The normalized spacial score (nSPS) is 11.2. The molecular weight excluding hydrogens is 252 g/mol. The van der Waals surface area contributed by atoms with Crippen LogP contribution in [0.3, 0.4) is 0 Å². The van der Waals surface area contributed by atoms with Crippen LogP contribution in [0.2, 0.25) is 0 Å². The molecule has 0 aliphatic heterocycles. The Kier molecular flexibility index (Phi) is 3.93. The average Bonchev–Trinajstić information content (AvgIpc) is 2.74. The molecule has 3 N–H and O–H groups in total. The first-order valence-corrected chi connectivity index (χ1v) is 6.94. The smallest absolute Gasteiger partial charge is 0.248 e. The minimum Gasteiger partial charge on any atom is -0.366 e. The number of hydrogen-bond acceptors (Lipinski definition) is 2. The molecule has 0 aliphatic rings. The second-order valence-corrected chi connectivity index (χ2v) is 5.37. The van der Waals surface area contributed by atoms with Gasteiger partial charge in [0.15, 0.2) is 5.78 Å². The highest BCUT2D eigenvalue weighted by molar-refractivity contribution is 6.11. The number of carbonyl (C=O) groups excluding carboxylic acids is 2. The van der Waals surface area contributed by atoms with Gasteiger partial charge in [0.25, 0.3) is 0 Å². The van der Waals surface area contributed by atoms with Gasteiger partial charge in [0.05, 0.1) is 0 Å². The van der Waals surface area contributed by atoms with Crippen molar-refractivity contribution in [2.75, 3.05) is 0 Å². The third kappa shape index (κ3) is 2.46. The molecule has 1 aromatic carbocycles. The summed E-state index contributed by atoms with van der Waals surface area (Å²) in [6, 6.07) is 5.19. The van der Waals surface area contributed by atoms with Crippen LogP contribution in [0.1, 0.15) is 53.6 Å². The molecule has 20 heavy (non-hydrogen) atoms. The molecule has 0 spiro atoms. The fraction of sp³-hybridized carbons (Fsp3) is 0.375. The number of ketones is 1. The molecule has 0 saturated heterocycles. The summed E-state index contributed by atoms with van der Waals surface area (Å²) in [5.41, 5.74) is 8.25. The molecular formula is C16H20N2O2. The van der Waals surface area contributed by atoms with Gasteiger partial charge in [-0.15, -0.1) is 0 Å². The number of benzene rings is 1. The Labute approximate surface area is 118 Å². The molecule has 0 unspecified atom stereocenters. The van der Waals surface area contributed by atoms with Crippen LogP contribution in [-0.4, -0.2) is 16.7 Å². The van der Waals surface area contributed by atoms with Crippen LogP contribution >= 0.6 is 0 Å². The SMILES string of the molecule is CCCc1[nH]c2cc(C(N)=O)ccc2c1C(=O)C(C)C. The summed E-state index contributed by atoms with van der Waals surface area (Å²) in [5, 5.41) is 0.872. The fourth-order valence-electron chi connectivity index (χ4n) is 2.41. The summed E-state index contributed by atoms with van der Waals surface area (Å²) in [5.74, 6) is -0.387. The van der Waals surface area contributed by atoms with Crippen LogP contribution in [0.25, 0.3) is 10.9 Å². The molecule has 106 valence electrons. The number of nitrogens with one attached hydrogen (secondary N) is 1. The van der Waals surface area contributed by atoms with Crippen molar-refractivity contribution in [2.24, 2.45) is 11.7 Å². The van der Waals surface area contributed by atoms with Crippen LogP contribution in [0.15, 0.2) is 18.2 Å². The van der Waals surface area contributed by atoms with Crippen LogP contribution in [0, 0.1) is 5.92 Å². The van der Waals surface area contributed by atoms with E-state index in [1.165, 1.54) is 0 Å². The number of rotatable bonds is 5. The van der Waals surface area contributed by atoms with Gasteiger partial charge in [-0.1, -0.05) is 33.3 Å². The van der Waals surface area contributed by atoms with Gasteiger partial charge < -0.3 is 10.7 Å². The standard InChI is InChI=1S/C16H20N2O2/c1-4-5-12-14(15(19)9(2)3)11-7-6-10(16(17)20)8-13(11)18-12/h6-9,18H,4-5H2,1-3H3,(H2,17,20). The molecule has 0 saturated carbocycles. The number of primary amides is 1. The lowest BCUT2D eigenvalue weighted by Gasteiger charge is -2.06. The molecule has 2 rings (SSSR count). The van der Waals surface area contributed by atoms with Gasteiger partial charge in [-0.05, 0) is 18.6 Å². The number of aromatic amines is 1. The van der Waals surface area contributed by atoms with E-state index in [-0.39, 0.29) is 11.7 Å². The lowest BCUT2D eigenvalue weighted by molar-refractivity contribution is 0.0939. The zero-order valence-electron chi connectivity index (χ0n) is 12.1. The first kappa shape index (κ1) is 14.3. The summed E-state index contributed by atoms with van der Waals surface area (Å²) in [4.78, 5) is 26.9. The lowest BCUT2D eigenvalue weighted by atomic mass is 9.96. The number of hydrogen-bond donors (Lipinski definition) is 2. The van der Waals surface area contributed by atoms with E-state index in [2.05, 4.69) is 11.9 Å². The number of fused-ring (bicyclic) bond motifs is 1. The largest absolute Gasteiger partial charge is 0.366 e. The number of H-pyrrole nitrogens is 1. The van der Waals surface area contributed by atoms with E-state index < -0.39 is 5.91 Å². The van der Waals surface area contributed by atoms with Crippen molar-refractivity contribution in [1.29, 1.82) is 0 Å². The Balaban J connectivity index is 2.66. The first-order valence-electron chi connectivity index (χ1n) is 6.94. The molecule has 0 fully saturated rings. The van der Waals surface area contributed by atoms with Crippen LogP contribution in [0.4, 0.5) is 0 Å². The Morgan fingerprint density at radius 2 is 2.00 bits per heavy atom.